The number of hydrogen-bond donors (Lipinski definition) is 1. The Labute approximate surface area is 108 Å². The van der Waals surface area contributed by atoms with Crippen LogP contribution in [0.2, 0.25) is 0 Å². The van der Waals surface area contributed by atoms with Crippen LogP contribution in [0.25, 0.3) is 0 Å². The molecule has 90 valence electrons. The Morgan fingerprint density at radius 1 is 1.35 bits per heavy atom. The van der Waals surface area contributed by atoms with Gasteiger partial charge in [-0.1, -0.05) is 18.2 Å². The van der Waals surface area contributed by atoms with Crippen molar-refractivity contribution >= 4 is 15.9 Å². The number of halogens is 2. The van der Waals surface area contributed by atoms with Crippen LogP contribution in [0.3, 0.4) is 0 Å². The van der Waals surface area contributed by atoms with Crippen LogP contribution in [0.4, 0.5) is 4.39 Å². The summed E-state index contributed by atoms with van der Waals surface area (Å²) >= 11 is 3.39. The van der Waals surface area contributed by atoms with Crippen molar-refractivity contribution in [3.8, 4) is 0 Å². The summed E-state index contributed by atoms with van der Waals surface area (Å²) < 4.78 is 20.3. The molecule has 1 aromatic carbocycles. The van der Waals surface area contributed by atoms with Gasteiger partial charge in [0.15, 0.2) is 0 Å². The molecule has 0 fully saturated rings. The van der Waals surface area contributed by atoms with E-state index >= 15 is 0 Å². The SMILES string of the molecule is CNC(c1cccc(C)c1F)c1occc1Br. The third-order valence-corrected chi connectivity index (χ3v) is 3.38. The molecule has 2 aromatic rings. The predicted octanol–water partition coefficient (Wildman–Crippen LogP) is 3.80. The quantitative estimate of drug-likeness (QED) is 0.932. The number of aryl methyl sites for hydroxylation is 1. The van der Waals surface area contributed by atoms with Gasteiger partial charge < -0.3 is 9.73 Å². The molecule has 1 aromatic heterocycles. The maximum absolute atomic E-state index is 14.1. The lowest BCUT2D eigenvalue weighted by Gasteiger charge is -2.16. The highest BCUT2D eigenvalue weighted by atomic mass is 79.9. The third-order valence-electron chi connectivity index (χ3n) is 2.73. The van der Waals surface area contributed by atoms with Gasteiger partial charge in [0.25, 0.3) is 0 Å². The van der Waals surface area contributed by atoms with E-state index in [1.54, 1.807) is 38.4 Å². The zero-order valence-electron chi connectivity index (χ0n) is 9.63. The van der Waals surface area contributed by atoms with E-state index in [0.717, 1.165) is 4.47 Å². The van der Waals surface area contributed by atoms with E-state index in [1.165, 1.54) is 0 Å². The van der Waals surface area contributed by atoms with Gasteiger partial charge in [0.1, 0.15) is 11.6 Å². The van der Waals surface area contributed by atoms with E-state index in [1.807, 2.05) is 6.07 Å². The highest BCUT2D eigenvalue weighted by Gasteiger charge is 2.21. The van der Waals surface area contributed by atoms with Crippen molar-refractivity contribution in [1.29, 1.82) is 0 Å². The van der Waals surface area contributed by atoms with E-state index in [-0.39, 0.29) is 11.9 Å². The fraction of sp³-hybridized carbons (Fsp3) is 0.231. The molecule has 0 aliphatic rings. The maximum Gasteiger partial charge on any atom is 0.139 e. The van der Waals surface area contributed by atoms with Crippen LogP contribution < -0.4 is 5.32 Å². The van der Waals surface area contributed by atoms with Gasteiger partial charge in [-0.25, -0.2) is 4.39 Å². The largest absolute Gasteiger partial charge is 0.466 e. The smallest absolute Gasteiger partial charge is 0.139 e. The molecule has 0 amide bonds. The van der Waals surface area contributed by atoms with Gasteiger partial charge in [-0.2, -0.15) is 0 Å². The molecule has 2 rings (SSSR count). The van der Waals surface area contributed by atoms with Gasteiger partial charge in [-0.05, 0) is 41.5 Å². The first-order chi connectivity index (χ1) is 8.15. The molecule has 0 spiro atoms. The van der Waals surface area contributed by atoms with E-state index in [9.17, 15) is 4.39 Å². The molecule has 0 aliphatic carbocycles. The second kappa shape index (κ2) is 5.02. The summed E-state index contributed by atoms with van der Waals surface area (Å²) in [4.78, 5) is 0. The lowest BCUT2D eigenvalue weighted by molar-refractivity contribution is 0.449. The average Bonchev–Trinajstić information content (AvgIpc) is 2.72. The van der Waals surface area contributed by atoms with Crippen LogP contribution in [-0.2, 0) is 0 Å². The van der Waals surface area contributed by atoms with Gasteiger partial charge in [0.2, 0.25) is 0 Å². The van der Waals surface area contributed by atoms with Crippen LogP contribution in [0.15, 0.2) is 39.4 Å². The second-order valence-corrected chi connectivity index (χ2v) is 4.69. The van der Waals surface area contributed by atoms with Crippen molar-refractivity contribution in [3.63, 3.8) is 0 Å². The fourth-order valence-electron chi connectivity index (χ4n) is 1.83. The summed E-state index contributed by atoms with van der Waals surface area (Å²) in [6.07, 6.45) is 1.58. The summed E-state index contributed by atoms with van der Waals surface area (Å²) in [5.74, 6) is 0.479. The van der Waals surface area contributed by atoms with Crippen LogP contribution in [0.1, 0.15) is 22.9 Å². The molecular weight excluding hydrogens is 285 g/mol. The standard InChI is InChI=1S/C13H13BrFNO/c1-8-4-3-5-9(11(8)15)12(16-2)13-10(14)6-7-17-13/h3-7,12,16H,1-2H3. The van der Waals surface area contributed by atoms with Gasteiger partial charge in [0, 0.05) is 5.56 Å². The number of nitrogens with one attached hydrogen (secondary N) is 1. The Hall–Kier alpha value is -1.13. The molecule has 0 saturated carbocycles. The topological polar surface area (TPSA) is 25.2 Å². The normalized spacial score (nSPS) is 12.7. The number of rotatable bonds is 3. The van der Waals surface area contributed by atoms with Gasteiger partial charge >= 0.3 is 0 Å². The molecule has 2 nitrogen and oxygen atoms in total. The van der Waals surface area contributed by atoms with Gasteiger partial charge in [-0.15, -0.1) is 0 Å². The maximum atomic E-state index is 14.1. The van der Waals surface area contributed by atoms with Crippen molar-refractivity contribution in [3.05, 3.63) is 57.7 Å². The van der Waals surface area contributed by atoms with Crippen molar-refractivity contribution < 1.29 is 8.81 Å². The predicted molar refractivity (Wildman–Crippen MR) is 68.4 cm³/mol. The Kier molecular flexibility index (Phi) is 3.64. The molecule has 0 bridgehead atoms. The molecule has 4 heteroatoms. The van der Waals surface area contributed by atoms with Crippen LogP contribution >= 0.6 is 15.9 Å². The molecule has 1 unspecified atom stereocenters. The summed E-state index contributed by atoms with van der Waals surface area (Å²) in [7, 11) is 1.78. The first kappa shape index (κ1) is 12.3. The molecule has 0 saturated heterocycles. The van der Waals surface area contributed by atoms with Gasteiger partial charge in [0.05, 0.1) is 16.8 Å². The van der Waals surface area contributed by atoms with Crippen molar-refractivity contribution in [1.82, 2.24) is 5.32 Å². The lowest BCUT2D eigenvalue weighted by Crippen LogP contribution is -2.19. The lowest BCUT2D eigenvalue weighted by atomic mass is 10.0. The zero-order valence-corrected chi connectivity index (χ0v) is 11.2. The average molecular weight is 298 g/mol. The minimum Gasteiger partial charge on any atom is -0.466 e. The van der Waals surface area contributed by atoms with Crippen molar-refractivity contribution in [2.45, 2.75) is 13.0 Å². The van der Waals surface area contributed by atoms with Crippen LogP contribution in [-0.4, -0.2) is 7.05 Å². The molecule has 0 aliphatic heterocycles. The van der Waals surface area contributed by atoms with Gasteiger partial charge in [-0.3, -0.25) is 0 Å². The highest BCUT2D eigenvalue weighted by Crippen LogP contribution is 2.31. The Balaban J connectivity index is 2.50. The summed E-state index contributed by atoms with van der Waals surface area (Å²) in [5.41, 5.74) is 1.22. The first-order valence-electron chi connectivity index (χ1n) is 5.30. The van der Waals surface area contributed by atoms with Crippen LogP contribution in [0, 0.1) is 12.7 Å². The molecule has 0 radical (unpaired) electrons. The monoisotopic (exact) mass is 297 g/mol. The minimum atomic E-state index is -0.292. The van der Waals surface area contributed by atoms with Crippen molar-refractivity contribution in [2.24, 2.45) is 0 Å². The minimum absolute atomic E-state index is 0.199. The van der Waals surface area contributed by atoms with E-state index in [4.69, 9.17) is 4.42 Å². The highest BCUT2D eigenvalue weighted by molar-refractivity contribution is 9.10. The molecule has 17 heavy (non-hydrogen) atoms. The molecule has 1 heterocycles. The number of furan rings is 1. The number of benzene rings is 1. The summed E-state index contributed by atoms with van der Waals surface area (Å²) in [5, 5.41) is 3.07. The molecule has 1 atom stereocenters. The van der Waals surface area contributed by atoms with E-state index < -0.39 is 0 Å². The van der Waals surface area contributed by atoms with E-state index in [0.29, 0.717) is 16.9 Å². The molecular formula is C13H13BrFNO. The second-order valence-electron chi connectivity index (χ2n) is 3.83. The van der Waals surface area contributed by atoms with Crippen LogP contribution in [0.5, 0.6) is 0 Å². The third kappa shape index (κ3) is 2.28. The Morgan fingerprint density at radius 3 is 2.71 bits per heavy atom. The van der Waals surface area contributed by atoms with E-state index in [2.05, 4.69) is 21.2 Å². The Morgan fingerprint density at radius 2 is 2.12 bits per heavy atom. The fourth-order valence-corrected chi connectivity index (χ4v) is 2.26. The summed E-state index contributed by atoms with van der Waals surface area (Å²) in [6.45, 7) is 1.75. The number of hydrogen-bond acceptors (Lipinski definition) is 2. The van der Waals surface area contributed by atoms with Crippen molar-refractivity contribution in [2.75, 3.05) is 7.05 Å². The molecule has 1 N–H and O–H groups in total. The Bertz CT molecular complexity index is 524. The zero-order chi connectivity index (χ0) is 12.4. The summed E-state index contributed by atoms with van der Waals surface area (Å²) in [6, 6.07) is 6.86. The first-order valence-corrected chi connectivity index (χ1v) is 6.09.